The topological polar surface area (TPSA) is 48.5 Å². The Morgan fingerprint density at radius 1 is 1.24 bits per heavy atom. The highest BCUT2D eigenvalue weighted by atomic mass is 16.2. The van der Waals surface area contributed by atoms with Crippen LogP contribution in [0.4, 0.5) is 11.4 Å². The fourth-order valence-electron chi connectivity index (χ4n) is 3.00. The molecule has 130 valence electrons. The van der Waals surface area contributed by atoms with Crippen molar-refractivity contribution in [1.29, 1.82) is 0 Å². The average molecular weight is 336 g/mol. The molecule has 1 N–H and O–H groups in total. The Kier molecular flexibility index (Phi) is 5.33. The molecule has 5 heteroatoms. The molecule has 1 aliphatic rings. The van der Waals surface area contributed by atoms with Gasteiger partial charge in [0.05, 0.1) is 0 Å². The van der Waals surface area contributed by atoms with Crippen molar-refractivity contribution >= 4 is 17.3 Å². The van der Waals surface area contributed by atoms with Gasteiger partial charge in [-0.15, -0.1) is 6.58 Å². The number of aryl methyl sites for hydroxylation is 1. The van der Waals surface area contributed by atoms with Crippen molar-refractivity contribution in [3.63, 3.8) is 0 Å². The lowest BCUT2D eigenvalue weighted by Gasteiger charge is -2.36. The zero-order valence-electron chi connectivity index (χ0n) is 14.6. The van der Waals surface area contributed by atoms with Crippen molar-refractivity contribution in [3.8, 4) is 0 Å². The van der Waals surface area contributed by atoms with E-state index in [0.717, 1.165) is 18.8 Å². The van der Waals surface area contributed by atoms with Gasteiger partial charge in [0.2, 0.25) is 0 Å². The van der Waals surface area contributed by atoms with Crippen molar-refractivity contribution in [3.05, 3.63) is 66.5 Å². The van der Waals surface area contributed by atoms with Crippen molar-refractivity contribution < 1.29 is 4.79 Å². The molecule has 0 radical (unpaired) electrons. The molecule has 2 heterocycles. The summed E-state index contributed by atoms with van der Waals surface area (Å²) in [4.78, 5) is 21.2. The molecular weight excluding hydrogens is 312 g/mol. The van der Waals surface area contributed by atoms with Crippen LogP contribution in [-0.4, -0.2) is 48.5 Å². The molecule has 25 heavy (non-hydrogen) atoms. The molecule has 0 aliphatic carbocycles. The van der Waals surface area contributed by atoms with Gasteiger partial charge in [-0.05, 0) is 36.8 Å². The van der Waals surface area contributed by atoms with E-state index in [2.05, 4.69) is 53.0 Å². The molecule has 1 saturated heterocycles. The predicted molar refractivity (Wildman–Crippen MR) is 102 cm³/mol. The lowest BCUT2D eigenvalue weighted by Crippen LogP contribution is -2.49. The van der Waals surface area contributed by atoms with Gasteiger partial charge >= 0.3 is 0 Å². The van der Waals surface area contributed by atoms with Crippen molar-refractivity contribution in [2.24, 2.45) is 0 Å². The molecule has 5 nitrogen and oxygen atoms in total. The average Bonchev–Trinajstić information content (AvgIpc) is 2.66. The van der Waals surface area contributed by atoms with Gasteiger partial charge in [0.15, 0.2) is 0 Å². The Labute approximate surface area is 149 Å². The smallest absolute Gasteiger partial charge is 0.272 e. The number of nitrogens with one attached hydrogen (secondary N) is 1. The second-order valence-corrected chi connectivity index (χ2v) is 6.22. The second kappa shape index (κ2) is 7.83. The first-order chi connectivity index (χ1) is 12.2. The number of amides is 1. The van der Waals surface area contributed by atoms with Crippen LogP contribution in [0.5, 0.6) is 0 Å². The maximum absolute atomic E-state index is 12.7. The Morgan fingerprint density at radius 3 is 2.76 bits per heavy atom. The summed E-state index contributed by atoms with van der Waals surface area (Å²) in [6.45, 7) is 9.53. The number of carbonyl (C=O) groups excluding carboxylic acids is 1. The van der Waals surface area contributed by atoms with Gasteiger partial charge in [-0.25, -0.2) is 0 Å². The van der Waals surface area contributed by atoms with E-state index in [4.69, 9.17) is 0 Å². The molecule has 1 amide bonds. The van der Waals surface area contributed by atoms with E-state index in [1.807, 2.05) is 11.0 Å². The van der Waals surface area contributed by atoms with Crippen molar-refractivity contribution in [2.75, 3.05) is 42.9 Å². The maximum atomic E-state index is 12.7. The van der Waals surface area contributed by atoms with E-state index in [-0.39, 0.29) is 5.91 Å². The fraction of sp³-hybridized carbons (Fsp3) is 0.300. The third kappa shape index (κ3) is 4.18. The number of pyridine rings is 1. The van der Waals surface area contributed by atoms with E-state index in [1.165, 1.54) is 11.3 Å². The van der Waals surface area contributed by atoms with Gasteiger partial charge in [-0.3, -0.25) is 9.78 Å². The molecule has 3 rings (SSSR count). The Balaban J connectivity index is 1.62. The standard InChI is InChI=1S/C20H24N4O/c1-3-8-21-17-7-9-22-19(15-17)20(25)24-12-10-23(11-13-24)18-6-4-5-16(2)14-18/h3-7,9,14-15H,1,8,10-13H2,2H3,(H,21,22). The highest BCUT2D eigenvalue weighted by Gasteiger charge is 2.23. The zero-order valence-corrected chi connectivity index (χ0v) is 14.6. The van der Waals surface area contributed by atoms with E-state index in [1.54, 1.807) is 18.3 Å². The van der Waals surface area contributed by atoms with Crippen LogP contribution in [-0.2, 0) is 0 Å². The summed E-state index contributed by atoms with van der Waals surface area (Å²) in [7, 11) is 0. The van der Waals surface area contributed by atoms with Gasteiger partial charge in [0.1, 0.15) is 5.69 Å². The van der Waals surface area contributed by atoms with E-state index in [9.17, 15) is 4.79 Å². The molecule has 0 saturated carbocycles. The molecule has 1 aromatic heterocycles. The van der Waals surface area contributed by atoms with Crippen LogP contribution >= 0.6 is 0 Å². The summed E-state index contributed by atoms with van der Waals surface area (Å²) in [5.74, 6) is -0.00820. The number of aromatic nitrogens is 1. The van der Waals surface area contributed by atoms with Gasteiger partial charge in [0, 0.05) is 50.3 Å². The number of hydrogen-bond donors (Lipinski definition) is 1. The lowest BCUT2D eigenvalue weighted by atomic mass is 10.2. The number of anilines is 2. The van der Waals surface area contributed by atoms with Crippen LogP contribution in [0.3, 0.4) is 0 Å². The quantitative estimate of drug-likeness (QED) is 0.853. The summed E-state index contributed by atoms with van der Waals surface area (Å²) in [6.07, 6.45) is 3.45. The Bertz CT molecular complexity index is 751. The van der Waals surface area contributed by atoms with E-state index in [0.29, 0.717) is 25.3 Å². The summed E-state index contributed by atoms with van der Waals surface area (Å²) < 4.78 is 0. The van der Waals surface area contributed by atoms with Crippen LogP contribution in [0.25, 0.3) is 0 Å². The number of piperazine rings is 1. The Hall–Kier alpha value is -2.82. The summed E-state index contributed by atoms with van der Waals surface area (Å²) in [5, 5.41) is 3.19. The molecule has 2 aromatic rings. The lowest BCUT2D eigenvalue weighted by molar-refractivity contribution is 0.0741. The zero-order chi connectivity index (χ0) is 17.6. The maximum Gasteiger partial charge on any atom is 0.272 e. The monoisotopic (exact) mass is 336 g/mol. The fourth-order valence-corrected chi connectivity index (χ4v) is 3.00. The van der Waals surface area contributed by atoms with Gasteiger partial charge in [-0.2, -0.15) is 0 Å². The van der Waals surface area contributed by atoms with E-state index < -0.39 is 0 Å². The molecular formula is C20H24N4O. The minimum absolute atomic E-state index is 0.00820. The summed E-state index contributed by atoms with van der Waals surface area (Å²) >= 11 is 0. The SMILES string of the molecule is C=CCNc1ccnc(C(=O)N2CCN(c3cccc(C)c3)CC2)c1. The number of carbonyl (C=O) groups is 1. The van der Waals surface area contributed by atoms with Crippen LogP contribution in [0.2, 0.25) is 0 Å². The minimum atomic E-state index is -0.00820. The normalized spacial score (nSPS) is 14.3. The number of nitrogens with zero attached hydrogens (tertiary/aromatic N) is 3. The molecule has 0 bridgehead atoms. The van der Waals surface area contributed by atoms with Gasteiger partial charge < -0.3 is 15.1 Å². The van der Waals surface area contributed by atoms with Crippen LogP contribution < -0.4 is 10.2 Å². The van der Waals surface area contributed by atoms with Gasteiger partial charge in [-0.1, -0.05) is 18.2 Å². The Morgan fingerprint density at radius 2 is 2.04 bits per heavy atom. The van der Waals surface area contributed by atoms with E-state index >= 15 is 0 Å². The molecule has 0 unspecified atom stereocenters. The van der Waals surface area contributed by atoms with Crippen LogP contribution in [0.15, 0.2) is 55.3 Å². The number of hydrogen-bond acceptors (Lipinski definition) is 4. The van der Waals surface area contributed by atoms with Crippen molar-refractivity contribution in [2.45, 2.75) is 6.92 Å². The third-order valence-electron chi connectivity index (χ3n) is 4.36. The predicted octanol–water partition coefficient (Wildman–Crippen LogP) is 2.95. The second-order valence-electron chi connectivity index (χ2n) is 6.22. The molecule has 0 atom stereocenters. The highest BCUT2D eigenvalue weighted by molar-refractivity contribution is 5.93. The first-order valence-corrected chi connectivity index (χ1v) is 8.59. The largest absolute Gasteiger partial charge is 0.381 e. The third-order valence-corrected chi connectivity index (χ3v) is 4.36. The molecule has 1 aromatic carbocycles. The molecule has 0 spiro atoms. The van der Waals surface area contributed by atoms with Crippen LogP contribution in [0.1, 0.15) is 16.1 Å². The first kappa shape index (κ1) is 17.0. The van der Waals surface area contributed by atoms with Crippen LogP contribution in [0, 0.1) is 6.92 Å². The first-order valence-electron chi connectivity index (χ1n) is 8.59. The molecule has 1 fully saturated rings. The van der Waals surface area contributed by atoms with Crippen molar-refractivity contribution in [1.82, 2.24) is 9.88 Å². The minimum Gasteiger partial charge on any atom is -0.381 e. The van der Waals surface area contributed by atoms with Gasteiger partial charge in [0.25, 0.3) is 5.91 Å². The molecule has 1 aliphatic heterocycles. The number of rotatable bonds is 5. The summed E-state index contributed by atoms with van der Waals surface area (Å²) in [6, 6.07) is 12.2. The highest BCUT2D eigenvalue weighted by Crippen LogP contribution is 2.19. The number of benzene rings is 1. The summed E-state index contributed by atoms with van der Waals surface area (Å²) in [5.41, 5.74) is 3.85.